The predicted octanol–water partition coefficient (Wildman–Crippen LogP) is 6.00. The summed E-state index contributed by atoms with van der Waals surface area (Å²) < 4.78 is 49.6. The van der Waals surface area contributed by atoms with Crippen molar-refractivity contribution in [3.8, 4) is 11.4 Å². The molecule has 1 aromatic heterocycles. The maximum atomic E-state index is 14.7. The molecule has 1 saturated carbocycles. The first-order valence-corrected chi connectivity index (χ1v) is 12.7. The van der Waals surface area contributed by atoms with Crippen LogP contribution in [0.4, 0.5) is 13.2 Å². The van der Waals surface area contributed by atoms with E-state index >= 15 is 0 Å². The molecule has 1 atom stereocenters. The molecule has 9 heteroatoms. The Balaban J connectivity index is 1.15. The first-order chi connectivity index (χ1) is 17.8. The van der Waals surface area contributed by atoms with Gasteiger partial charge < -0.3 is 4.74 Å². The fourth-order valence-corrected chi connectivity index (χ4v) is 5.35. The van der Waals surface area contributed by atoms with Gasteiger partial charge in [0.1, 0.15) is 11.6 Å². The van der Waals surface area contributed by atoms with Crippen LogP contribution in [0.25, 0.3) is 5.69 Å². The second kappa shape index (κ2) is 10.6. The summed E-state index contributed by atoms with van der Waals surface area (Å²) in [6, 6.07) is 9.57. The van der Waals surface area contributed by atoms with Crippen molar-refractivity contribution in [3.05, 3.63) is 76.9 Å². The largest absolute Gasteiger partial charge is 0.490 e. The fourth-order valence-electron chi connectivity index (χ4n) is 5.35. The second-order valence-electron chi connectivity index (χ2n) is 9.99. The number of hydroxylamine groups is 2. The van der Waals surface area contributed by atoms with Gasteiger partial charge in [-0.2, -0.15) is 5.10 Å². The number of carbonyl (C=O) groups excluding carboxylic acids is 1. The van der Waals surface area contributed by atoms with Gasteiger partial charge in [0.2, 0.25) is 5.91 Å². The molecular weight excluding hydrogens is 483 g/mol. The minimum absolute atomic E-state index is 0.155. The maximum absolute atomic E-state index is 14.7. The lowest BCUT2D eigenvalue weighted by Gasteiger charge is -2.32. The van der Waals surface area contributed by atoms with E-state index in [1.54, 1.807) is 16.8 Å². The van der Waals surface area contributed by atoms with E-state index in [1.165, 1.54) is 23.3 Å². The smallest absolute Gasteiger partial charge is 0.249 e. The molecule has 3 aromatic rings. The Morgan fingerprint density at radius 2 is 1.73 bits per heavy atom. The second-order valence-corrected chi connectivity index (χ2v) is 9.99. The van der Waals surface area contributed by atoms with Crippen LogP contribution in [-0.2, 0) is 9.63 Å². The highest BCUT2D eigenvalue weighted by molar-refractivity contribution is 5.78. The average molecular weight is 514 g/mol. The molecule has 5 rings (SSSR count). The van der Waals surface area contributed by atoms with Gasteiger partial charge in [-0.15, -0.1) is 0 Å². The number of benzene rings is 2. The number of amides is 1. The number of aromatic nitrogens is 2. The normalized spacial score (nSPS) is 21.9. The van der Waals surface area contributed by atoms with Gasteiger partial charge in [0.05, 0.1) is 30.6 Å². The van der Waals surface area contributed by atoms with Gasteiger partial charge in [0.25, 0.3) is 0 Å². The van der Waals surface area contributed by atoms with Gasteiger partial charge in [-0.3, -0.25) is 9.63 Å². The molecule has 37 heavy (non-hydrogen) atoms. The van der Waals surface area contributed by atoms with E-state index in [-0.39, 0.29) is 23.5 Å². The van der Waals surface area contributed by atoms with Crippen molar-refractivity contribution in [1.29, 1.82) is 0 Å². The van der Waals surface area contributed by atoms with Crippen LogP contribution in [0.15, 0.2) is 42.5 Å². The van der Waals surface area contributed by atoms with E-state index < -0.39 is 23.5 Å². The molecule has 2 heterocycles. The van der Waals surface area contributed by atoms with Crippen LogP contribution in [0.1, 0.15) is 55.1 Å². The molecule has 1 saturated heterocycles. The molecule has 1 aliphatic carbocycles. The van der Waals surface area contributed by atoms with Crippen molar-refractivity contribution in [2.24, 2.45) is 11.8 Å². The molecule has 2 fully saturated rings. The molecular formula is C28H30F3N3O3. The zero-order valence-corrected chi connectivity index (χ0v) is 20.9. The third-order valence-electron chi connectivity index (χ3n) is 7.23. The van der Waals surface area contributed by atoms with Crippen LogP contribution < -0.4 is 4.74 Å². The number of carbonyl (C=O) groups is 1. The topological polar surface area (TPSA) is 56.6 Å². The van der Waals surface area contributed by atoms with Crippen molar-refractivity contribution < 1.29 is 27.5 Å². The van der Waals surface area contributed by atoms with Crippen LogP contribution >= 0.6 is 0 Å². The fraction of sp³-hybridized carbons (Fsp3) is 0.429. The highest BCUT2D eigenvalue weighted by Crippen LogP contribution is 2.37. The van der Waals surface area contributed by atoms with Crippen molar-refractivity contribution in [1.82, 2.24) is 14.8 Å². The third kappa shape index (κ3) is 5.51. The zero-order chi connectivity index (χ0) is 26.1. The van der Waals surface area contributed by atoms with Crippen molar-refractivity contribution in [3.63, 3.8) is 0 Å². The summed E-state index contributed by atoms with van der Waals surface area (Å²) in [5.74, 6) is -1.78. The molecule has 196 valence electrons. The van der Waals surface area contributed by atoms with Gasteiger partial charge in [0.15, 0.2) is 11.6 Å². The van der Waals surface area contributed by atoms with E-state index in [0.29, 0.717) is 43.7 Å². The molecule has 2 aliphatic rings. The lowest BCUT2D eigenvalue weighted by Crippen LogP contribution is -2.37. The Morgan fingerprint density at radius 3 is 2.38 bits per heavy atom. The summed E-state index contributed by atoms with van der Waals surface area (Å²) in [7, 11) is 0. The molecule has 1 amide bonds. The summed E-state index contributed by atoms with van der Waals surface area (Å²) in [6.07, 6.45) is 3.30. The number of ether oxygens (including phenoxy) is 1. The summed E-state index contributed by atoms with van der Waals surface area (Å²) >= 11 is 0. The minimum Gasteiger partial charge on any atom is -0.490 e. The molecule has 1 aliphatic heterocycles. The summed E-state index contributed by atoms with van der Waals surface area (Å²) in [5.41, 5.74) is 2.82. The van der Waals surface area contributed by atoms with E-state index in [0.717, 1.165) is 30.3 Å². The summed E-state index contributed by atoms with van der Waals surface area (Å²) in [5, 5.41) is 5.69. The first kappa shape index (κ1) is 25.3. The molecule has 0 radical (unpaired) electrons. The van der Waals surface area contributed by atoms with Crippen LogP contribution in [0, 0.1) is 43.1 Å². The van der Waals surface area contributed by atoms with Crippen LogP contribution in [0.5, 0.6) is 5.75 Å². The first-order valence-electron chi connectivity index (χ1n) is 12.7. The minimum atomic E-state index is -0.674. The monoisotopic (exact) mass is 513 g/mol. The van der Waals surface area contributed by atoms with Gasteiger partial charge in [-0.05, 0) is 81.3 Å². The van der Waals surface area contributed by atoms with E-state index in [4.69, 9.17) is 9.57 Å². The van der Waals surface area contributed by atoms with Crippen molar-refractivity contribution >= 4 is 5.91 Å². The quantitative estimate of drug-likeness (QED) is 0.406. The SMILES string of the molecule is Cc1cc(C)n(-c2ccc(OCC3CCC(C(=O)N4OCC[C@H]4c4cc(F)cc(F)c4)CC3)c(F)c2)n1. The zero-order valence-electron chi connectivity index (χ0n) is 20.9. The van der Waals surface area contributed by atoms with Crippen molar-refractivity contribution in [2.45, 2.75) is 52.0 Å². The van der Waals surface area contributed by atoms with Gasteiger partial charge in [0, 0.05) is 30.2 Å². The maximum Gasteiger partial charge on any atom is 0.249 e. The molecule has 2 aromatic carbocycles. The number of halogens is 3. The van der Waals surface area contributed by atoms with Crippen LogP contribution in [-0.4, -0.2) is 34.0 Å². The van der Waals surface area contributed by atoms with Crippen molar-refractivity contribution in [2.75, 3.05) is 13.2 Å². The third-order valence-corrected chi connectivity index (χ3v) is 7.23. The number of nitrogens with zero attached hydrogens (tertiary/aromatic N) is 3. The molecule has 6 nitrogen and oxygen atoms in total. The van der Waals surface area contributed by atoms with Gasteiger partial charge in [-0.1, -0.05) is 0 Å². The van der Waals surface area contributed by atoms with Crippen LogP contribution in [0.3, 0.4) is 0 Å². The number of rotatable bonds is 6. The lowest BCUT2D eigenvalue weighted by molar-refractivity contribution is -0.183. The number of aryl methyl sites for hydroxylation is 2. The Bertz CT molecular complexity index is 1270. The van der Waals surface area contributed by atoms with Gasteiger partial charge in [-0.25, -0.2) is 22.9 Å². The molecule has 0 spiro atoms. The Hall–Kier alpha value is -3.33. The van der Waals surface area contributed by atoms with Crippen LogP contribution in [0.2, 0.25) is 0 Å². The summed E-state index contributed by atoms with van der Waals surface area (Å²) in [6.45, 7) is 4.49. The molecule has 0 bridgehead atoms. The standard InChI is InChI=1S/C28H30F3N3O3/c1-17-11-18(2)33(32-17)24-7-8-27(25(31)15-24)36-16-19-3-5-20(6-4-19)28(35)34-26(9-10-37-34)21-12-22(29)14-23(30)13-21/h7-8,11-15,19-20,26H,3-6,9-10,16H2,1-2H3/t19?,20?,26-/m0/s1. The Labute approximate surface area is 213 Å². The average Bonchev–Trinajstić information content (AvgIpc) is 3.49. The van der Waals surface area contributed by atoms with E-state index in [9.17, 15) is 18.0 Å². The highest BCUT2D eigenvalue weighted by Gasteiger charge is 2.37. The highest BCUT2D eigenvalue weighted by atomic mass is 19.1. The summed E-state index contributed by atoms with van der Waals surface area (Å²) in [4.78, 5) is 18.8. The molecule has 0 unspecified atom stereocenters. The Morgan fingerprint density at radius 1 is 1.00 bits per heavy atom. The molecule has 0 N–H and O–H groups in total. The van der Waals surface area contributed by atoms with E-state index in [1.807, 2.05) is 19.9 Å². The van der Waals surface area contributed by atoms with E-state index in [2.05, 4.69) is 5.10 Å². The Kier molecular flexibility index (Phi) is 7.24. The van der Waals surface area contributed by atoms with Gasteiger partial charge >= 0.3 is 0 Å². The number of hydrogen-bond donors (Lipinski definition) is 0. The lowest BCUT2D eigenvalue weighted by atomic mass is 9.81. The number of hydrogen-bond acceptors (Lipinski definition) is 4. The predicted molar refractivity (Wildman–Crippen MR) is 130 cm³/mol.